The van der Waals surface area contributed by atoms with Crippen LogP contribution in [0.3, 0.4) is 0 Å². The average Bonchev–Trinajstić information content (AvgIpc) is 3.10. The molecule has 0 bridgehead atoms. The minimum atomic E-state index is -0.217. The Morgan fingerprint density at radius 3 is 2.76 bits per heavy atom. The molecule has 0 aliphatic carbocycles. The molecule has 3 rings (SSSR count). The summed E-state index contributed by atoms with van der Waals surface area (Å²) >= 11 is 0. The number of rotatable bonds is 6. The van der Waals surface area contributed by atoms with Gasteiger partial charge in [-0.15, -0.1) is 0 Å². The third-order valence-corrected chi connectivity index (χ3v) is 3.69. The zero-order chi connectivity index (χ0) is 17.5. The summed E-state index contributed by atoms with van der Waals surface area (Å²) in [6.07, 6.45) is 5.66. The van der Waals surface area contributed by atoms with E-state index in [1.165, 1.54) is 5.56 Å². The van der Waals surface area contributed by atoms with Gasteiger partial charge in [0.15, 0.2) is 0 Å². The number of carbonyl (C=O) groups excluding carboxylic acids is 1. The second-order valence-electron chi connectivity index (χ2n) is 5.73. The lowest BCUT2D eigenvalue weighted by Gasteiger charge is -2.06. The second kappa shape index (κ2) is 8.10. The van der Waals surface area contributed by atoms with Crippen molar-refractivity contribution in [3.8, 4) is 11.5 Å². The van der Waals surface area contributed by atoms with Gasteiger partial charge < -0.3 is 15.1 Å². The topological polar surface area (TPSA) is 80.0 Å². The Bertz CT molecular complexity index is 813. The van der Waals surface area contributed by atoms with E-state index in [9.17, 15) is 4.79 Å². The molecule has 0 spiro atoms. The number of nitrogens with zero attached hydrogens (tertiary/aromatic N) is 2. The molecule has 0 fully saturated rings. The highest BCUT2D eigenvalue weighted by Gasteiger charge is 2.07. The number of hydrogen-bond donors (Lipinski definition) is 2. The van der Waals surface area contributed by atoms with Gasteiger partial charge in [-0.05, 0) is 30.7 Å². The molecule has 0 unspecified atom stereocenters. The van der Waals surface area contributed by atoms with E-state index in [-0.39, 0.29) is 6.03 Å². The minimum absolute atomic E-state index is 0.217. The number of carbonyl (C=O) groups is 1. The highest BCUT2D eigenvalue weighted by molar-refractivity contribution is 5.73. The van der Waals surface area contributed by atoms with Gasteiger partial charge in [-0.3, -0.25) is 4.98 Å². The Morgan fingerprint density at radius 1 is 1.16 bits per heavy atom. The maximum absolute atomic E-state index is 11.8. The molecule has 0 saturated carbocycles. The van der Waals surface area contributed by atoms with Crippen LogP contribution >= 0.6 is 0 Å². The van der Waals surface area contributed by atoms with E-state index in [1.54, 1.807) is 18.7 Å². The van der Waals surface area contributed by atoms with Crippen LogP contribution in [0.5, 0.6) is 0 Å². The van der Waals surface area contributed by atoms with Crippen LogP contribution in [-0.2, 0) is 13.0 Å². The molecule has 2 heterocycles. The van der Waals surface area contributed by atoms with Gasteiger partial charge in [-0.1, -0.05) is 23.8 Å². The number of amides is 2. The van der Waals surface area contributed by atoms with Crippen LogP contribution in [0.15, 0.2) is 59.5 Å². The van der Waals surface area contributed by atoms with Crippen LogP contribution in [0, 0.1) is 6.92 Å². The monoisotopic (exact) mass is 336 g/mol. The number of oxazole rings is 1. The molecule has 0 atom stereocenters. The number of benzene rings is 1. The molecule has 0 aliphatic rings. The standard InChI is InChI=1S/C19H20N4O2/c1-14-4-6-16(7-5-14)18-23-17(13-25-18)8-10-21-19(24)22-12-15-3-2-9-20-11-15/h2-7,9,11,13H,8,10,12H2,1H3,(H2,21,22,24). The number of nitrogens with one attached hydrogen (secondary N) is 2. The van der Waals surface area contributed by atoms with E-state index in [4.69, 9.17) is 4.42 Å². The van der Waals surface area contributed by atoms with Crippen LogP contribution in [0.25, 0.3) is 11.5 Å². The average molecular weight is 336 g/mol. The summed E-state index contributed by atoms with van der Waals surface area (Å²) in [6.45, 7) is 2.97. The summed E-state index contributed by atoms with van der Waals surface area (Å²) in [7, 11) is 0. The summed E-state index contributed by atoms with van der Waals surface area (Å²) in [5.41, 5.74) is 3.90. The molecule has 2 aromatic heterocycles. The van der Waals surface area contributed by atoms with E-state index >= 15 is 0 Å². The summed E-state index contributed by atoms with van der Waals surface area (Å²) < 4.78 is 5.51. The fourth-order valence-electron chi connectivity index (χ4n) is 2.30. The molecule has 128 valence electrons. The molecule has 6 nitrogen and oxygen atoms in total. The van der Waals surface area contributed by atoms with Gasteiger partial charge in [0, 0.05) is 37.5 Å². The van der Waals surface area contributed by atoms with Crippen LogP contribution in [0.4, 0.5) is 4.79 Å². The van der Waals surface area contributed by atoms with Crippen LogP contribution in [-0.4, -0.2) is 22.5 Å². The Balaban J connectivity index is 1.43. The smallest absolute Gasteiger partial charge is 0.315 e. The third-order valence-electron chi connectivity index (χ3n) is 3.69. The quantitative estimate of drug-likeness (QED) is 0.725. The molecule has 25 heavy (non-hydrogen) atoms. The van der Waals surface area contributed by atoms with Crippen molar-refractivity contribution in [2.45, 2.75) is 19.9 Å². The lowest BCUT2D eigenvalue weighted by Crippen LogP contribution is -2.36. The van der Waals surface area contributed by atoms with Crippen molar-refractivity contribution in [3.05, 3.63) is 71.9 Å². The number of hydrogen-bond acceptors (Lipinski definition) is 4. The molecule has 0 aliphatic heterocycles. The Kier molecular flexibility index (Phi) is 5.41. The van der Waals surface area contributed by atoms with Crippen LogP contribution in [0.1, 0.15) is 16.8 Å². The van der Waals surface area contributed by atoms with Crippen molar-refractivity contribution in [2.75, 3.05) is 6.54 Å². The SMILES string of the molecule is Cc1ccc(-c2nc(CCNC(=O)NCc3cccnc3)co2)cc1. The highest BCUT2D eigenvalue weighted by atomic mass is 16.3. The molecular weight excluding hydrogens is 316 g/mol. The van der Waals surface area contributed by atoms with Gasteiger partial charge in [0.25, 0.3) is 0 Å². The summed E-state index contributed by atoms with van der Waals surface area (Å²) in [6, 6.07) is 11.5. The number of aryl methyl sites for hydroxylation is 1. The number of pyridine rings is 1. The van der Waals surface area contributed by atoms with Crippen molar-refractivity contribution >= 4 is 6.03 Å². The van der Waals surface area contributed by atoms with Crippen molar-refractivity contribution in [3.63, 3.8) is 0 Å². The van der Waals surface area contributed by atoms with E-state index in [2.05, 4.69) is 20.6 Å². The molecule has 6 heteroatoms. The normalized spacial score (nSPS) is 10.4. The first-order valence-electron chi connectivity index (χ1n) is 8.13. The molecule has 3 aromatic rings. The van der Waals surface area contributed by atoms with E-state index < -0.39 is 0 Å². The van der Waals surface area contributed by atoms with Gasteiger partial charge in [0.2, 0.25) is 5.89 Å². The minimum Gasteiger partial charge on any atom is -0.444 e. The Morgan fingerprint density at radius 2 is 2.00 bits per heavy atom. The predicted molar refractivity (Wildman–Crippen MR) is 94.9 cm³/mol. The molecule has 2 N–H and O–H groups in total. The molecule has 1 aromatic carbocycles. The first-order chi connectivity index (χ1) is 12.2. The van der Waals surface area contributed by atoms with Crippen molar-refractivity contribution in [1.29, 1.82) is 0 Å². The highest BCUT2D eigenvalue weighted by Crippen LogP contribution is 2.19. The summed E-state index contributed by atoms with van der Waals surface area (Å²) in [4.78, 5) is 20.2. The van der Waals surface area contributed by atoms with Crippen molar-refractivity contribution in [2.24, 2.45) is 0 Å². The zero-order valence-corrected chi connectivity index (χ0v) is 14.0. The summed E-state index contributed by atoms with van der Waals surface area (Å²) in [5.74, 6) is 0.594. The van der Waals surface area contributed by atoms with E-state index in [0.717, 1.165) is 16.8 Å². The van der Waals surface area contributed by atoms with Gasteiger partial charge in [0.05, 0.1) is 5.69 Å². The second-order valence-corrected chi connectivity index (χ2v) is 5.73. The zero-order valence-electron chi connectivity index (χ0n) is 14.0. The maximum atomic E-state index is 11.8. The van der Waals surface area contributed by atoms with Crippen LogP contribution in [0.2, 0.25) is 0 Å². The Hall–Kier alpha value is -3.15. The van der Waals surface area contributed by atoms with Gasteiger partial charge in [-0.25, -0.2) is 9.78 Å². The van der Waals surface area contributed by atoms with E-state index in [0.29, 0.717) is 25.4 Å². The molecule has 0 saturated heterocycles. The van der Waals surface area contributed by atoms with Gasteiger partial charge in [0.1, 0.15) is 6.26 Å². The first kappa shape index (κ1) is 16.7. The molecular formula is C19H20N4O2. The van der Waals surface area contributed by atoms with Crippen molar-refractivity contribution < 1.29 is 9.21 Å². The summed E-state index contributed by atoms with van der Waals surface area (Å²) in [5, 5.41) is 5.59. The van der Waals surface area contributed by atoms with Gasteiger partial charge in [-0.2, -0.15) is 0 Å². The lowest BCUT2D eigenvalue weighted by molar-refractivity contribution is 0.240. The number of urea groups is 1. The molecule has 0 radical (unpaired) electrons. The van der Waals surface area contributed by atoms with Crippen molar-refractivity contribution in [1.82, 2.24) is 20.6 Å². The lowest BCUT2D eigenvalue weighted by atomic mass is 10.1. The largest absolute Gasteiger partial charge is 0.444 e. The van der Waals surface area contributed by atoms with Gasteiger partial charge >= 0.3 is 6.03 Å². The fraction of sp³-hybridized carbons (Fsp3) is 0.211. The Labute approximate surface area is 146 Å². The number of aromatic nitrogens is 2. The fourth-order valence-corrected chi connectivity index (χ4v) is 2.30. The predicted octanol–water partition coefficient (Wildman–Crippen LogP) is 3.09. The first-order valence-corrected chi connectivity index (χ1v) is 8.13. The van der Waals surface area contributed by atoms with E-state index in [1.807, 2.05) is 43.3 Å². The molecule has 2 amide bonds. The third kappa shape index (κ3) is 4.91. The van der Waals surface area contributed by atoms with Crippen LogP contribution < -0.4 is 10.6 Å². The maximum Gasteiger partial charge on any atom is 0.315 e.